The van der Waals surface area contributed by atoms with E-state index in [1.165, 1.54) is 19.3 Å². The van der Waals surface area contributed by atoms with Gasteiger partial charge in [0.05, 0.1) is 0 Å². The van der Waals surface area contributed by atoms with Gasteiger partial charge < -0.3 is 5.11 Å². The van der Waals surface area contributed by atoms with Gasteiger partial charge >= 0.3 is 0 Å². The van der Waals surface area contributed by atoms with Crippen molar-refractivity contribution >= 4 is 17.3 Å². The molecular formula is C18H20O3. The minimum absolute atomic E-state index is 0.0232. The molecule has 0 amide bonds. The van der Waals surface area contributed by atoms with Crippen LogP contribution >= 0.6 is 0 Å². The zero-order valence-electron chi connectivity index (χ0n) is 12.1. The van der Waals surface area contributed by atoms with Crippen molar-refractivity contribution in [2.45, 2.75) is 44.9 Å². The molecule has 2 aliphatic rings. The molecule has 110 valence electrons. The number of carbonyl (C=O) groups is 2. The monoisotopic (exact) mass is 284 g/mol. The van der Waals surface area contributed by atoms with Gasteiger partial charge in [-0.1, -0.05) is 56.4 Å². The van der Waals surface area contributed by atoms with Gasteiger partial charge in [0, 0.05) is 16.7 Å². The Morgan fingerprint density at radius 3 is 2.05 bits per heavy atom. The first-order chi connectivity index (χ1) is 10.2. The maximum absolute atomic E-state index is 12.4. The smallest absolute Gasteiger partial charge is 0.234 e. The third-order valence-corrected chi connectivity index (χ3v) is 4.65. The Morgan fingerprint density at radius 2 is 1.38 bits per heavy atom. The van der Waals surface area contributed by atoms with Crippen LogP contribution < -0.4 is 0 Å². The number of allylic oxidation sites excluding steroid dienone is 1. The molecule has 0 aliphatic heterocycles. The summed E-state index contributed by atoms with van der Waals surface area (Å²) in [5.41, 5.74) is 1.20. The minimum atomic E-state index is -0.503. The lowest BCUT2D eigenvalue weighted by Crippen LogP contribution is -2.28. The molecule has 1 aromatic carbocycles. The molecule has 0 radical (unpaired) electrons. The molecule has 21 heavy (non-hydrogen) atoms. The number of carbonyl (C=O) groups excluding carboxylic acids is 2. The Labute approximate surface area is 124 Å². The molecule has 3 heteroatoms. The molecule has 1 N–H and O–H groups in total. The van der Waals surface area contributed by atoms with Gasteiger partial charge in [-0.3, -0.25) is 9.59 Å². The minimum Gasteiger partial charge on any atom is -0.507 e. The summed E-state index contributed by atoms with van der Waals surface area (Å²) in [6.45, 7) is 0. The number of fused-ring (bicyclic) bond motifs is 1. The average Bonchev–Trinajstić information content (AvgIpc) is 2.47. The maximum Gasteiger partial charge on any atom is 0.234 e. The van der Waals surface area contributed by atoms with Crippen LogP contribution in [0.15, 0.2) is 29.8 Å². The molecule has 1 fully saturated rings. The predicted molar refractivity (Wildman–Crippen MR) is 81.1 cm³/mol. The Morgan fingerprint density at radius 1 is 0.810 bits per heavy atom. The van der Waals surface area contributed by atoms with Crippen LogP contribution in [0.2, 0.25) is 0 Å². The number of aliphatic hydroxyl groups is 1. The van der Waals surface area contributed by atoms with E-state index in [1.807, 2.05) is 0 Å². The predicted octanol–water partition coefficient (Wildman–Crippen LogP) is 4.08. The van der Waals surface area contributed by atoms with Gasteiger partial charge in [-0.05, 0) is 18.8 Å². The van der Waals surface area contributed by atoms with Crippen LogP contribution in [-0.4, -0.2) is 16.7 Å². The molecular weight excluding hydrogens is 264 g/mol. The summed E-state index contributed by atoms with van der Waals surface area (Å²) < 4.78 is 0. The molecule has 0 aromatic heterocycles. The molecule has 3 nitrogen and oxygen atoms in total. The third kappa shape index (κ3) is 2.53. The van der Waals surface area contributed by atoms with Gasteiger partial charge in [-0.25, -0.2) is 0 Å². The van der Waals surface area contributed by atoms with Crippen LogP contribution in [0.1, 0.15) is 60.9 Å². The Kier molecular flexibility index (Phi) is 3.91. The quantitative estimate of drug-likeness (QED) is 0.790. The van der Waals surface area contributed by atoms with E-state index in [1.54, 1.807) is 24.3 Å². The lowest BCUT2D eigenvalue weighted by Gasteiger charge is -2.25. The van der Waals surface area contributed by atoms with E-state index in [-0.39, 0.29) is 11.7 Å². The van der Waals surface area contributed by atoms with Gasteiger partial charge in [0.15, 0.2) is 0 Å². The fourth-order valence-corrected chi connectivity index (χ4v) is 3.51. The molecule has 0 unspecified atom stereocenters. The number of benzene rings is 1. The normalized spacial score (nSPS) is 21.0. The van der Waals surface area contributed by atoms with E-state index >= 15 is 0 Å². The van der Waals surface area contributed by atoms with Crippen molar-refractivity contribution in [2.75, 3.05) is 0 Å². The summed E-state index contributed by atoms with van der Waals surface area (Å²) in [6, 6.07) is 6.84. The van der Waals surface area contributed by atoms with Crippen molar-refractivity contribution in [3.63, 3.8) is 0 Å². The largest absolute Gasteiger partial charge is 0.507 e. The summed E-state index contributed by atoms with van der Waals surface area (Å²) in [6.07, 6.45) is 7.48. The first-order valence-corrected chi connectivity index (χ1v) is 7.81. The molecule has 1 saturated carbocycles. The lowest BCUT2D eigenvalue weighted by atomic mass is 9.77. The Bertz CT molecular complexity index is 605. The molecule has 1 aromatic rings. The highest BCUT2D eigenvalue weighted by molar-refractivity contribution is 6.52. The lowest BCUT2D eigenvalue weighted by molar-refractivity contribution is -0.112. The van der Waals surface area contributed by atoms with E-state index < -0.39 is 11.6 Å². The van der Waals surface area contributed by atoms with E-state index in [0.717, 1.165) is 25.7 Å². The van der Waals surface area contributed by atoms with Gasteiger partial charge in [-0.2, -0.15) is 0 Å². The molecule has 0 heterocycles. The number of rotatable bonds is 1. The Hall–Kier alpha value is -1.90. The second-order valence-electron chi connectivity index (χ2n) is 6.01. The molecule has 2 aliphatic carbocycles. The van der Waals surface area contributed by atoms with Gasteiger partial charge in [-0.15, -0.1) is 0 Å². The van der Waals surface area contributed by atoms with Crippen LogP contribution in [0.3, 0.4) is 0 Å². The fraction of sp³-hybridized carbons (Fsp3) is 0.444. The van der Waals surface area contributed by atoms with E-state index in [0.29, 0.717) is 16.7 Å². The number of aliphatic hydroxyl groups excluding tert-OH is 1. The summed E-state index contributed by atoms with van der Waals surface area (Å²) >= 11 is 0. The fourth-order valence-electron chi connectivity index (χ4n) is 3.51. The summed E-state index contributed by atoms with van der Waals surface area (Å²) in [5, 5.41) is 10.5. The maximum atomic E-state index is 12.4. The standard InChI is InChI=1S/C18H20O3/c19-16-13-10-6-7-11-14(13)17(20)18(21)15(16)12-8-4-2-1-3-5-9-12/h6-7,10-12,19H,1-5,8-9H2. The van der Waals surface area contributed by atoms with Crippen molar-refractivity contribution in [1.29, 1.82) is 0 Å². The van der Waals surface area contributed by atoms with Gasteiger partial charge in [0.2, 0.25) is 11.6 Å². The van der Waals surface area contributed by atoms with Crippen molar-refractivity contribution in [3.05, 3.63) is 41.0 Å². The van der Waals surface area contributed by atoms with Crippen LogP contribution in [0, 0.1) is 5.92 Å². The highest BCUT2D eigenvalue weighted by atomic mass is 16.3. The zero-order chi connectivity index (χ0) is 14.8. The molecule has 0 atom stereocenters. The molecule has 0 bridgehead atoms. The molecule has 0 saturated heterocycles. The number of ketones is 2. The van der Waals surface area contributed by atoms with E-state index in [4.69, 9.17) is 0 Å². The summed E-state index contributed by atoms with van der Waals surface area (Å²) in [7, 11) is 0. The van der Waals surface area contributed by atoms with Crippen LogP contribution in [0.4, 0.5) is 0 Å². The highest BCUT2D eigenvalue weighted by Gasteiger charge is 2.36. The zero-order valence-corrected chi connectivity index (χ0v) is 12.1. The third-order valence-electron chi connectivity index (χ3n) is 4.65. The van der Waals surface area contributed by atoms with E-state index in [9.17, 15) is 14.7 Å². The summed E-state index contributed by atoms with van der Waals surface area (Å²) in [5.74, 6) is -0.923. The number of hydrogen-bond donors (Lipinski definition) is 1. The first-order valence-electron chi connectivity index (χ1n) is 7.81. The van der Waals surface area contributed by atoms with E-state index in [2.05, 4.69) is 0 Å². The Balaban J connectivity index is 2.03. The van der Waals surface area contributed by atoms with Crippen molar-refractivity contribution in [3.8, 4) is 0 Å². The van der Waals surface area contributed by atoms with Crippen LogP contribution in [0.5, 0.6) is 0 Å². The highest BCUT2D eigenvalue weighted by Crippen LogP contribution is 2.36. The number of hydrogen-bond acceptors (Lipinski definition) is 3. The average molecular weight is 284 g/mol. The first kappa shape index (κ1) is 14.1. The van der Waals surface area contributed by atoms with Gasteiger partial charge in [0.1, 0.15) is 5.76 Å². The second-order valence-corrected chi connectivity index (χ2v) is 6.01. The SMILES string of the molecule is O=C1C(=O)c2ccccc2C(O)=C1C1CCCCCCC1. The topological polar surface area (TPSA) is 54.4 Å². The number of Topliss-reactive ketones (excluding diaryl/α,β-unsaturated/α-hetero) is 2. The van der Waals surface area contributed by atoms with Crippen LogP contribution in [-0.2, 0) is 4.79 Å². The molecule has 0 spiro atoms. The van der Waals surface area contributed by atoms with Gasteiger partial charge in [0.25, 0.3) is 0 Å². The van der Waals surface area contributed by atoms with Crippen molar-refractivity contribution in [1.82, 2.24) is 0 Å². The van der Waals surface area contributed by atoms with Crippen LogP contribution in [0.25, 0.3) is 5.76 Å². The summed E-state index contributed by atoms with van der Waals surface area (Å²) in [4.78, 5) is 24.7. The second kappa shape index (κ2) is 5.84. The van der Waals surface area contributed by atoms with Crippen molar-refractivity contribution in [2.24, 2.45) is 5.92 Å². The molecule has 3 rings (SSSR count). The van der Waals surface area contributed by atoms with Crippen molar-refractivity contribution < 1.29 is 14.7 Å².